The van der Waals surface area contributed by atoms with Gasteiger partial charge in [0, 0.05) is 6.04 Å². The predicted octanol–water partition coefficient (Wildman–Crippen LogP) is 2.23. The zero-order valence-electron chi connectivity index (χ0n) is 10.1. The van der Waals surface area contributed by atoms with E-state index in [1.54, 1.807) is 0 Å². The summed E-state index contributed by atoms with van der Waals surface area (Å²) in [5.41, 5.74) is -0.666. The van der Waals surface area contributed by atoms with Crippen LogP contribution in [0.25, 0.3) is 0 Å². The second kappa shape index (κ2) is 4.08. The minimum Gasteiger partial charge on any atom is -0.352 e. The van der Waals surface area contributed by atoms with Crippen LogP contribution in [0.15, 0.2) is 0 Å². The molecule has 3 unspecified atom stereocenters. The lowest BCUT2D eigenvalue weighted by molar-refractivity contribution is -0.125. The van der Waals surface area contributed by atoms with Crippen molar-refractivity contribution in [2.45, 2.75) is 52.0 Å². The largest absolute Gasteiger partial charge is 0.352 e. The van der Waals surface area contributed by atoms with Crippen LogP contribution in [0, 0.1) is 28.6 Å². The molecule has 16 heavy (non-hydrogen) atoms. The van der Waals surface area contributed by atoms with Gasteiger partial charge in [-0.1, -0.05) is 26.7 Å². The molecule has 0 aromatic carbocycles. The minimum atomic E-state index is -0.666. The van der Waals surface area contributed by atoms with Crippen LogP contribution in [0.2, 0.25) is 0 Å². The second-order valence-corrected chi connectivity index (χ2v) is 5.54. The lowest BCUT2D eigenvalue weighted by Crippen LogP contribution is -2.46. The smallest absolute Gasteiger partial charge is 0.240 e. The molecule has 0 saturated heterocycles. The van der Waals surface area contributed by atoms with Gasteiger partial charge in [-0.05, 0) is 31.1 Å². The van der Waals surface area contributed by atoms with Gasteiger partial charge >= 0.3 is 0 Å². The van der Waals surface area contributed by atoms with Crippen LogP contribution in [0.4, 0.5) is 0 Å². The summed E-state index contributed by atoms with van der Waals surface area (Å²) in [7, 11) is 0. The summed E-state index contributed by atoms with van der Waals surface area (Å²) in [4.78, 5) is 11.9. The number of carbonyl (C=O) groups is 1. The van der Waals surface area contributed by atoms with E-state index in [-0.39, 0.29) is 11.9 Å². The minimum absolute atomic E-state index is 0.0269. The molecule has 0 radical (unpaired) electrons. The van der Waals surface area contributed by atoms with Gasteiger partial charge in [-0.25, -0.2) is 0 Å². The summed E-state index contributed by atoms with van der Waals surface area (Å²) in [6, 6.07) is 2.44. The normalized spacial score (nSPS) is 36.2. The molecule has 0 aliphatic heterocycles. The fraction of sp³-hybridized carbons (Fsp3) is 0.846. The standard InChI is InChI=1S/C13H20N2O/c1-9-4-3-5-11(10(9)2)15-12(16)13(8-14)6-7-13/h9-11H,3-7H2,1-2H3,(H,15,16). The molecule has 1 amide bonds. The number of nitrogens with zero attached hydrogens (tertiary/aromatic N) is 1. The Bertz CT molecular complexity index is 327. The number of nitriles is 1. The molecular weight excluding hydrogens is 200 g/mol. The van der Waals surface area contributed by atoms with E-state index in [0.29, 0.717) is 11.8 Å². The number of hydrogen-bond acceptors (Lipinski definition) is 2. The van der Waals surface area contributed by atoms with Crippen LogP contribution in [0.5, 0.6) is 0 Å². The van der Waals surface area contributed by atoms with Gasteiger partial charge in [0.25, 0.3) is 0 Å². The summed E-state index contributed by atoms with van der Waals surface area (Å²) in [6.45, 7) is 4.46. The maximum atomic E-state index is 11.9. The van der Waals surface area contributed by atoms with Gasteiger partial charge in [0.15, 0.2) is 0 Å². The molecule has 2 aliphatic carbocycles. The maximum absolute atomic E-state index is 11.9. The van der Waals surface area contributed by atoms with Gasteiger partial charge in [0.05, 0.1) is 6.07 Å². The van der Waals surface area contributed by atoms with Crippen molar-refractivity contribution < 1.29 is 4.79 Å². The van der Waals surface area contributed by atoms with Crippen LogP contribution in [0.3, 0.4) is 0 Å². The Labute approximate surface area is 97.2 Å². The van der Waals surface area contributed by atoms with Crippen molar-refractivity contribution in [2.75, 3.05) is 0 Å². The molecule has 0 aromatic heterocycles. The molecule has 0 bridgehead atoms. The summed E-state index contributed by atoms with van der Waals surface area (Å²) < 4.78 is 0. The average Bonchev–Trinajstić information content (AvgIpc) is 3.05. The molecule has 0 spiro atoms. The monoisotopic (exact) mass is 220 g/mol. The molecule has 2 aliphatic rings. The van der Waals surface area contributed by atoms with Gasteiger partial charge in [-0.2, -0.15) is 5.26 Å². The van der Waals surface area contributed by atoms with Gasteiger partial charge in [0.1, 0.15) is 5.41 Å². The fourth-order valence-corrected chi connectivity index (χ4v) is 2.61. The topological polar surface area (TPSA) is 52.9 Å². The van der Waals surface area contributed by atoms with Crippen LogP contribution < -0.4 is 5.32 Å². The number of amides is 1. The van der Waals surface area contributed by atoms with Crippen LogP contribution in [0.1, 0.15) is 46.0 Å². The molecule has 0 aromatic rings. The highest BCUT2D eigenvalue weighted by molar-refractivity contribution is 5.88. The first-order valence-electron chi connectivity index (χ1n) is 6.31. The van der Waals surface area contributed by atoms with Gasteiger partial charge < -0.3 is 5.32 Å². The molecule has 1 N–H and O–H groups in total. The van der Waals surface area contributed by atoms with Crippen LogP contribution in [-0.4, -0.2) is 11.9 Å². The first-order valence-corrected chi connectivity index (χ1v) is 6.31. The molecule has 88 valence electrons. The third kappa shape index (κ3) is 1.93. The third-order valence-electron chi connectivity index (χ3n) is 4.42. The van der Waals surface area contributed by atoms with E-state index in [0.717, 1.165) is 19.3 Å². The van der Waals surface area contributed by atoms with E-state index < -0.39 is 5.41 Å². The van der Waals surface area contributed by atoms with E-state index in [9.17, 15) is 4.79 Å². The Morgan fingerprint density at radius 1 is 1.38 bits per heavy atom. The van der Waals surface area contributed by atoms with E-state index in [1.807, 2.05) is 0 Å². The Kier molecular flexibility index (Phi) is 2.92. The van der Waals surface area contributed by atoms with Crippen molar-refractivity contribution in [3.8, 4) is 6.07 Å². The molecule has 2 rings (SSSR count). The number of nitrogens with one attached hydrogen (secondary N) is 1. The highest BCUT2D eigenvalue weighted by Crippen LogP contribution is 2.45. The maximum Gasteiger partial charge on any atom is 0.240 e. The predicted molar refractivity (Wildman–Crippen MR) is 61.4 cm³/mol. The van der Waals surface area contributed by atoms with Gasteiger partial charge in [-0.15, -0.1) is 0 Å². The summed E-state index contributed by atoms with van der Waals surface area (Å²) in [6.07, 6.45) is 5.00. The van der Waals surface area contributed by atoms with Crippen molar-refractivity contribution in [2.24, 2.45) is 17.3 Å². The highest BCUT2D eigenvalue weighted by Gasteiger charge is 2.51. The zero-order valence-corrected chi connectivity index (χ0v) is 10.1. The summed E-state index contributed by atoms with van der Waals surface area (Å²) >= 11 is 0. The third-order valence-corrected chi connectivity index (χ3v) is 4.42. The van der Waals surface area contributed by atoms with Crippen LogP contribution in [-0.2, 0) is 4.79 Å². The number of hydrogen-bond donors (Lipinski definition) is 1. The van der Waals surface area contributed by atoms with Crippen LogP contribution >= 0.6 is 0 Å². The fourth-order valence-electron chi connectivity index (χ4n) is 2.61. The second-order valence-electron chi connectivity index (χ2n) is 5.54. The molecule has 2 fully saturated rings. The molecule has 0 heterocycles. The first kappa shape index (κ1) is 11.4. The Morgan fingerprint density at radius 3 is 2.62 bits per heavy atom. The van der Waals surface area contributed by atoms with E-state index in [4.69, 9.17) is 5.26 Å². The Balaban J connectivity index is 1.94. The summed E-state index contributed by atoms with van der Waals surface area (Å²) in [5, 5.41) is 12.1. The zero-order chi connectivity index (χ0) is 11.8. The first-order chi connectivity index (χ1) is 7.59. The van der Waals surface area contributed by atoms with Gasteiger partial charge in [0.2, 0.25) is 5.91 Å². The number of rotatable bonds is 2. The summed E-state index contributed by atoms with van der Waals surface area (Å²) in [5.74, 6) is 1.18. The van der Waals surface area contributed by atoms with E-state index in [2.05, 4.69) is 25.2 Å². The van der Waals surface area contributed by atoms with Crippen molar-refractivity contribution in [3.63, 3.8) is 0 Å². The highest BCUT2D eigenvalue weighted by atomic mass is 16.2. The molecule has 3 nitrogen and oxygen atoms in total. The molecule has 3 atom stereocenters. The SMILES string of the molecule is CC1CCCC(NC(=O)C2(C#N)CC2)C1C. The van der Waals surface area contributed by atoms with Crippen molar-refractivity contribution in [1.82, 2.24) is 5.32 Å². The molecule has 3 heteroatoms. The van der Waals surface area contributed by atoms with Crippen molar-refractivity contribution in [3.05, 3.63) is 0 Å². The quantitative estimate of drug-likeness (QED) is 0.775. The Morgan fingerprint density at radius 2 is 2.06 bits per heavy atom. The Hall–Kier alpha value is -1.04. The average molecular weight is 220 g/mol. The number of carbonyl (C=O) groups excluding carboxylic acids is 1. The van der Waals surface area contributed by atoms with Crippen molar-refractivity contribution >= 4 is 5.91 Å². The lowest BCUT2D eigenvalue weighted by atomic mass is 9.78. The molecular formula is C13H20N2O. The lowest BCUT2D eigenvalue weighted by Gasteiger charge is -2.35. The van der Waals surface area contributed by atoms with E-state index >= 15 is 0 Å². The van der Waals surface area contributed by atoms with Crippen molar-refractivity contribution in [1.29, 1.82) is 5.26 Å². The van der Waals surface area contributed by atoms with E-state index in [1.165, 1.54) is 12.8 Å². The van der Waals surface area contributed by atoms with Gasteiger partial charge in [-0.3, -0.25) is 4.79 Å². The molecule has 2 saturated carbocycles.